The maximum atomic E-state index is 13.9. The quantitative estimate of drug-likeness (QED) is 0.500. The van der Waals surface area contributed by atoms with Crippen LogP contribution in [0.15, 0.2) is 41.6 Å². The topological polar surface area (TPSA) is 60.7 Å². The first-order valence-corrected chi connectivity index (χ1v) is 8.76. The number of nitrogens with zero attached hydrogens (tertiary/aromatic N) is 4. The zero-order chi connectivity index (χ0) is 18.8. The third-order valence-corrected chi connectivity index (χ3v) is 5.06. The van der Waals surface area contributed by atoms with E-state index in [1.54, 1.807) is 6.92 Å². The molecule has 8 heteroatoms. The monoisotopic (exact) mass is 374 g/mol. The average molecular weight is 374 g/mol. The van der Waals surface area contributed by atoms with Crippen LogP contribution in [0.1, 0.15) is 28.4 Å². The zero-order valence-electron chi connectivity index (χ0n) is 14.4. The van der Waals surface area contributed by atoms with Crippen LogP contribution in [0.3, 0.4) is 0 Å². The summed E-state index contributed by atoms with van der Waals surface area (Å²) in [6, 6.07) is 8.70. The predicted molar refractivity (Wildman–Crippen MR) is 94.6 cm³/mol. The summed E-state index contributed by atoms with van der Waals surface area (Å²) in [7, 11) is 0. The van der Waals surface area contributed by atoms with Crippen LogP contribution < -0.4 is 0 Å². The second kappa shape index (κ2) is 7.33. The Hall–Kier alpha value is -2.61. The fourth-order valence-electron chi connectivity index (χ4n) is 2.39. The summed E-state index contributed by atoms with van der Waals surface area (Å²) in [4.78, 5) is 12.5. The van der Waals surface area contributed by atoms with Crippen LogP contribution in [0, 0.1) is 25.5 Å². The molecule has 134 valence electrons. The van der Waals surface area contributed by atoms with Crippen LogP contribution >= 0.6 is 11.8 Å². The van der Waals surface area contributed by atoms with Crippen LogP contribution in [0.4, 0.5) is 8.78 Å². The lowest BCUT2D eigenvalue weighted by Gasteiger charge is -2.11. The molecule has 1 heterocycles. The smallest absolute Gasteiger partial charge is 0.214 e. The number of rotatable bonds is 5. The molecule has 5 nitrogen and oxygen atoms in total. The summed E-state index contributed by atoms with van der Waals surface area (Å²) >= 11 is 1.11. The van der Waals surface area contributed by atoms with Crippen LogP contribution in [0.25, 0.3) is 5.69 Å². The van der Waals surface area contributed by atoms with E-state index >= 15 is 0 Å². The van der Waals surface area contributed by atoms with Gasteiger partial charge in [-0.15, -0.1) is 5.10 Å². The number of hydrogen-bond acceptors (Lipinski definition) is 5. The van der Waals surface area contributed by atoms with Crippen molar-refractivity contribution in [2.24, 2.45) is 0 Å². The fraction of sp³-hybridized carbons (Fsp3) is 0.222. The molecular formula is C18H16F2N4OS. The Kier molecular flexibility index (Phi) is 5.13. The van der Waals surface area contributed by atoms with Crippen molar-refractivity contribution in [1.82, 2.24) is 20.2 Å². The van der Waals surface area contributed by atoms with E-state index in [-0.39, 0.29) is 5.56 Å². The van der Waals surface area contributed by atoms with E-state index in [9.17, 15) is 13.6 Å². The Bertz CT molecular complexity index is 974. The largest absolute Gasteiger partial charge is 0.293 e. The van der Waals surface area contributed by atoms with Crippen molar-refractivity contribution < 1.29 is 13.6 Å². The Morgan fingerprint density at radius 3 is 2.58 bits per heavy atom. The van der Waals surface area contributed by atoms with Gasteiger partial charge in [0.1, 0.15) is 11.6 Å². The number of hydrogen-bond donors (Lipinski definition) is 0. The summed E-state index contributed by atoms with van der Waals surface area (Å²) in [5.74, 6) is -2.06. The van der Waals surface area contributed by atoms with E-state index < -0.39 is 22.7 Å². The highest BCUT2D eigenvalue weighted by atomic mass is 32.2. The van der Waals surface area contributed by atoms with Gasteiger partial charge in [-0.05, 0) is 66.6 Å². The molecule has 0 fully saturated rings. The number of tetrazole rings is 1. The number of thioether (sulfide) groups is 1. The van der Waals surface area contributed by atoms with Gasteiger partial charge in [-0.2, -0.15) is 4.68 Å². The van der Waals surface area contributed by atoms with Gasteiger partial charge in [-0.25, -0.2) is 8.78 Å². The van der Waals surface area contributed by atoms with Gasteiger partial charge < -0.3 is 0 Å². The Morgan fingerprint density at radius 2 is 1.88 bits per heavy atom. The van der Waals surface area contributed by atoms with E-state index in [0.717, 1.165) is 40.7 Å². The van der Waals surface area contributed by atoms with E-state index in [2.05, 4.69) is 15.5 Å². The number of ketones is 1. The summed E-state index contributed by atoms with van der Waals surface area (Å²) in [5.41, 5.74) is 2.85. The summed E-state index contributed by atoms with van der Waals surface area (Å²) < 4.78 is 28.4. The SMILES string of the molecule is Cc1ccc(-n2nnnc2SC(C)C(=O)c2ccc(F)cc2F)cc1C. The second-order valence-corrected chi connectivity index (χ2v) is 7.20. The van der Waals surface area contributed by atoms with Crippen LogP contribution in [0.2, 0.25) is 0 Å². The lowest BCUT2D eigenvalue weighted by molar-refractivity contribution is 0.0990. The molecule has 0 spiro atoms. The van der Waals surface area contributed by atoms with E-state index in [1.807, 2.05) is 32.0 Å². The average Bonchev–Trinajstić information content (AvgIpc) is 3.05. The molecule has 26 heavy (non-hydrogen) atoms. The molecule has 0 aliphatic carbocycles. The van der Waals surface area contributed by atoms with Crippen LogP contribution in [0.5, 0.6) is 0 Å². The molecule has 0 N–H and O–H groups in total. The first-order chi connectivity index (χ1) is 12.4. The predicted octanol–water partition coefficient (Wildman–Crippen LogP) is 3.92. The number of halogens is 2. The zero-order valence-corrected chi connectivity index (χ0v) is 15.2. The maximum absolute atomic E-state index is 13.9. The molecule has 3 aromatic rings. The number of benzene rings is 2. The molecule has 2 aromatic carbocycles. The highest BCUT2D eigenvalue weighted by molar-refractivity contribution is 8.00. The van der Waals surface area contributed by atoms with Crippen molar-refractivity contribution in [3.8, 4) is 5.69 Å². The normalized spacial score (nSPS) is 12.2. The number of carbonyl (C=O) groups is 1. The molecule has 0 aliphatic heterocycles. The molecule has 0 radical (unpaired) electrons. The van der Waals surface area contributed by atoms with Crippen molar-refractivity contribution in [2.45, 2.75) is 31.2 Å². The first kappa shape index (κ1) is 18.2. The third-order valence-electron chi connectivity index (χ3n) is 4.02. The standard InChI is InChI=1S/C18H16F2N4OS/c1-10-4-6-14(8-11(10)2)24-18(21-22-23-24)26-12(3)17(25)15-7-5-13(19)9-16(15)20/h4-9,12H,1-3H3. The molecule has 1 aromatic heterocycles. The van der Waals surface area contributed by atoms with Gasteiger partial charge in [-0.3, -0.25) is 4.79 Å². The second-order valence-electron chi connectivity index (χ2n) is 5.89. The van der Waals surface area contributed by atoms with Gasteiger partial charge in [0, 0.05) is 6.07 Å². The third kappa shape index (κ3) is 3.65. The van der Waals surface area contributed by atoms with Gasteiger partial charge in [0.25, 0.3) is 0 Å². The minimum Gasteiger partial charge on any atom is -0.293 e. The molecule has 1 unspecified atom stereocenters. The molecular weight excluding hydrogens is 358 g/mol. The van der Waals surface area contributed by atoms with Gasteiger partial charge in [0.05, 0.1) is 16.5 Å². The van der Waals surface area contributed by atoms with Gasteiger partial charge in [-0.1, -0.05) is 17.8 Å². The molecule has 0 bridgehead atoms. The number of aryl methyl sites for hydroxylation is 2. The summed E-state index contributed by atoms with van der Waals surface area (Å²) in [5, 5.41) is 11.4. The van der Waals surface area contributed by atoms with Crippen molar-refractivity contribution in [2.75, 3.05) is 0 Å². The minimum absolute atomic E-state index is 0.156. The maximum Gasteiger partial charge on any atom is 0.214 e. The number of carbonyl (C=O) groups excluding carboxylic acids is 1. The molecule has 1 atom stereocenters. The van der Waals surface area contributed by atoms with E-state index in [1.165, 1.54) is 4.68 Å². The molecule has 0 amide bonds. The van der Waals surface area contributed by atoms with Gasteiger partial charge >= 0.3 is 0 Å². The lowest BCUT2D eigenvalue weighted by Crippen LogP contribution is -2.16. The lowest BCUT2D eigenvalue weighted by atomic mass is 10.1. The van der Waals surface area contributed by atoms with Crippen molar-refractivity contribution in [3.05, 3.63) is 64.7 Å². The van der Waals surface area contributed by atoms with E-state index in [0.29, 0.717) is 11.2 Å². The molecule has 0 saturated carbocycles. The van der Waals surface area contributed by atoms with E-state index in [4.69, 9.17) is 0 Å². The minimum atomic E-state index is -0.879. The van der Waals surface area contributed by atoms with Crippen molar-refractivity contribution in [3.63, 3.8) is 0 Å². The highest BCUT2D eigenvalue weighted by Gasteiger charge is 2.23. The Labute approximate surface area is 153 Å². The Morgan fingerprint density at radius 1 is 1.12 bits per heavy atom. The number of aromatic nitrogens is 4. The molecule has 0 saturated heterocycles. The first-order valence-electron chi connectivity index (χ1n) is 7.88. The summed E-state index contributed by atoms with van der Waals surface area (Å²) in [6.45, 7) is 5.63. The summed E-state index contributed by atoms with van der Waals surface area (Å²) in [6.07, 6.45) is 0. The number of Topliss-reactive ketones (excluding diaryl/α,β-unsaturated/α-hetero) is 1. The van der Waals surface area contributed by atoms with Crippen molar-refractivity contribution >= 4 is 17.5 Å². The van der Waals surface area contributed by atoms with Crippen LogP contribution in [-0.4, -0.2) is 31.2 Å². The van der Waals surface area contributed by atoms with Crippen LogP contribution in [-0.2, 0) is 0 Å². The highest BCUT2D eigenvalue weighted by Crippen LogP contribution is 2.26. The van der Waals surface area contributed by atoms with Crippen molar-refractivity contribution in [1.29, 1.82) is 0 Å². The fourth-order valence-corrected chi connectivity index (χ4v) is 3.27. The molecule has 3 rings (SSSR count). The molecule has 0 aliphatic rings. The Balaban J connectivity index is 1.84. The van der Waals surface area contributed by atoms with Gasteiger partial charge in [0.15, 0.2) is 5.78 Å². The van der Waals surface area contributed by atoms with Gasteiger partial charge in [0.2, 0.25) is 5.16 Å².